The van der Waals surface area contributed by atoms with Crippen LogP contribution in [0.15, 0.2) is 35.3 Å². The minimum atomic E-state index is -0.316. The summed E-state index contributed by atoms with van der Waals surface area (Å²) >= 11 is 0. The van der Waals surface area contributed by atoms with Gasteiger partial charge in [0.15, 0.2) is 0 Å². The van der Waals surface area contributed by atoms with Crippen LogP contribution in [0.2, 0.25) is 0 Å². The molecule has 1 aromatic carbocycles. The maximum absolute atomic E-state index is 11.9. The molecule has 3 heterocycles. The van der Waals surface area contributed by atoms with Crippen LogP contribution < -0.4 is 5.69 Å². The third-order valence-electron chi connectivity index (χ3n) is 4.98. The summed E-state index contributed by atoms with van der Waals surface area (Å²) in [5, 5.41) is 10.7. The van der Waals surface area contributed by atoms with E-state index in [1.165, 1.54) is 36.0 Å². The molecule has 4 rings (SSSR count). The second kappa shape index (κ2) is 5.87. The molecule has 1 aliphatic heterocycles. The lowest BCUT2D eigenvalue weighted by atomic mass is 9.99. The first kappa shape index (κ1) is 15.1. The fourth-order valence-corrected chi connectivity index (χ4v) is 3.67. The summed E-state index contributed by atoms with van der Waals surface area (Å²) in [5.41, 5.74) is 4.61. The van der Waals surface area contributed by atoms with Crippen LogP contribution in [0.25, 0.3) is 16.6 Å². The molecule has 3 aromatic rings. The van der Waals surface area contributed by atoms with Crippen molar-refractivity contribution >= 4 is 5.52 Å². The highest BCUT2D eigenvalue weighted by molar-refractivity contribution is 5.82. The molecular weight excluding hydrogens is 302 g/mol. The maximum atomic E-state index is 11.9. The normalized spacial score (nSPS) is 16.8. The highest BCUT2D eigenvalue weighted by Gasteiger charge is 2.20. The summed E-state index contributed by atoms with van der Waals surface area (Å²) in [7, 11) is 0. The smallest absolute Gasteiger partial charge is 0.297 e. The van der Waals surface area contributed by atoms with Crippen molar-refractivity contribution in [3.63, 3.8) is 0 Å². The maximum Gasteiger partial charge on any atom is 0.363 e. The van der Waals surface area contributed by atoms with E-state index in [9.17, 15) is 4.79 Å². The summed E-state index contributed by atoms with van der Waals surface area (Å²) in [6, 6.07) is 8.95. The monoisotopic (exact) mass is 323 g/mol. The third-order valence-corrected chi connectivity index (χ3v) is 4.98. The Kier molecular flexibility index (Phi) is 3.69. The molecule has 1 atom stereocenters. The van der Waals surface area contributed by atoms with Gasteiger partial charge in [-0.3, -0.25) is 4.90 Å². The number of aryl methyl sites for hydroxylation is 1. The van der Waals surface area contributed by atoms with Crippen molar-refractivity contribution in [1.29, 1.82) is 0 Å². The highest BCUT2D eigenvalue weighted by Crippen LogP contribution is 2.31. The van der Waals surface area contributed by atoms with Gasteiger partial charge in [-0.1, -0.05) is 18.2 Å². The Morgan fingerprint density at radius 2 is 2.04 bits per heavy atom. The standard InChI is InChI=1S/C18H21N5O/c1-12-17(16-11-19-20-18(24)23(16)21-12)15-7-5-6-14(10-15)13(2)22-8-3-4-9-22/h5-7,10-11,13H,3-4,8-9H2,1-2H3,(H,20,24)/t13-/m0/s1. The Balaban J connectivity index is 1.80. The van der Waals surface area contributed by atoms with Crippen LogP contribution in [0.3, 0.4) is 0 Å². The van der Waals surface area contributed by atoms with Gasteiger partial charge >= 0.3 is 5.69 Å². The Labute approximate surface area is 140 Å². The number of fused-ring (bicyclic) bond motifs is 1. The van der Waals surface area contributed by atoms with Crippen molar-refractivity contribution in [3.05, 3.63) is 52.2 Å². The lowest BCUT2D eigenvalue weighted by Crippen LogP contribution is -2.23. The predicted molar refractivity (Wildman–Crippen MR) is 93.0 cm³/mol. The number of nitrogens with one attached hydrogen (secondary N) is 1. The fourth-order valence-electron chi connectivity index (χ4n) is 3.67. The van der Waals surface area contributed by atoms with Crippen molar-refractivity contribution in [1.82, 2.24) is 24.7 Å². The van der Waals surface area contributed by atoms with Crippen molar-refractivity contribution in [2.24, 2.45) is 0 Å². The molecule has 0 aliphatic carbocycles. The van der Waals surface area contributed by atoms with Gasteiger partial charge in [-0.2, -0.15) is 14.7 Å². The molecular formula is C18H21N5O. The number of hydrogen-bond donors (Lipinski definition) is 1. The molecule has 24 heavy (non-hydrogen) atoms. The quantitative estimate of drug-likeness (QED) is 0.804. The zero-order chi connectivity index (χ0) is 16.7. The predicted octanol–water partition coefficient (Wildman–Crippen LogP) is 2.55. The Morgan fingerprint density at radius 3 is 2.83 bits per heavy atom. The summed E-state index contributed by atoms with van der Waals surface area (Å²) < 4.78 is 1.38. The lowest BCUT2D eigenvalue weighted by Gasteiger charge is -2.24. The van der Waals surface area contributed by atoms with Crippen molar-refractivity contribution in [2.75, 3.05) is 13.1 Å². The molecule has 1 aliphatic rings. The topological polar surface area (TPSA) is 66.3 Å². The molecule has 0 bridgehead atoms. The third kappa shape index (κ3) is 2.43. The van der Waals surface area contributed by atoms with Crippen LogP contribution in [0.4, 0.5) is 0 Å². The van der Waals surface area contributed by atoms with E-state index in [0.29, 0.717) is 6.04 Å². The molecule has 0 amide bonds. The summed E-state index contributed by atoms with van der Waals surface area (Å²) in [4.78, 5) is 14.4. The number of aromatic nitrogens is 4. The van der Waals surface area contributed by atoms with Crippen molar-refractivity contribution in [3.8, 4) is 11.1 Å². The molecule has 2 aromatic heterocycles. The van der Waals surface area contributed by atoms with Gasteiger partial charge in [-0.15, -0.1) is 0 Å². The largest absolute Gasteiger partial charge is 0.363 e. The van der Waals surface area contributed by atoms with E-state index in [1.807, 2.05) is 6.92 Å². The molecule has 1 saturated heterocycles. The van der Waals surface area contributed by atoms with E-state index in [1.54, 1.807) is 6.20 Å². The first-order valence-corrected chi connectivity index (χ1v) is 8.42. The van der Waals surface area contributed by atoms with E-state index in [4.69, 9.17) is 0 Å². The Hall–Kier alpha value is -2.47. The van der Waals surface area contributed by atoms with Gasteiger partial charge in [0.2, 0.25) is 0 Å². The molecule has 0 saturated carbocycles. The zero-order valence-corrected chi connectivity index (χ0v) is 14.0. The van der Waals surface area contributed by atoms with Gasteiger partial charge in [-0.05, 0) is 57.0 Å². The minimum Gasteiger partial charge on any atom is -0.297 e. The second-order valence-corrected chi connectivity index (χ2v) is 6.48. The molecule has 6 heteroatoms. The Morgan fingerprint density at radius 1 is 1.25 bits per heavy atom. The van der Waals surface area contributed by atoms with Crippen molar-refractivity contribution < 1.29 is 0 Å². The van der Waals surface area contributed by atoms with Crippen LogP contribution >= 0.6 is 0 Å². The number of likely N-dealkylation sites (tertiary alicyclic amines) is 1. The van der Waals surface area contributed by atoms with Crippen LogP contribution in [0.1, 0.15) is 37.1 Å². The number of nitrogens with zero attached hydrogens (tertiary/aromatic N) is 4. The molecule has 124 valence electrons. The van der Waals surface area contributed by atoms with Gasteiger partial charge in [0, 0.05) is 11.6 Å². The molecule has 0 spiro atoms. The van der Waals surface area contributed by atoms with E-state index in [2.05, 4.69) is 51.4 Å². The summed E-state index contributed by atoms with van der Waals surface area (Å²) in [5.74, 6) is 0. The molecule has 1 N–H and O–H groups in total. The molecule has 6 nitrogen and oxygen atoms in total. The van der Waals surface area contributed by atoms with Crippen LogP contribution in [0.5, 0.6) is 0 Å². The van der Waals surface area contributed by atoms with Gasteiger partial charge in [0.05, 0.1) is 11.9 Å². The lowest BCUT2D eigenvalue weighted by molar-refractivity contribution is 0.263. The van der Waals surface area contributed by atoms with Crippen LogP contribution in [-0.2, 0) is 0 Å². The van der Waals surface area contributed by atoms with E-state index < -0.39 is 0 Å². The van der Waals surface area contributed by atoms with E-state index >= 15 is 0 Å². The SMILES string of the molecule is Cc1nn2c(=O)[nH]ncc2c1-c1cccc([C@H](C)N2CCCC2)c1. The fraction of sp³-hybridized carbons (Fsp3) is 0.389. The number of benzene rings is 1. The summed E-state index contributed by atoms with van der Waals surface area (Å²) in [6.07, 6.45) is 4.23. The average Bonchev–Trinajstić information content (AvgIpc) is 3.22. The highest BCUT2D eigenvalue weighted by atomic mass is 16.1. The zero-order valence-electron chi connectivity index (χ0n) is 14.0. The first-order chi connectivity index (χ1) is 11.6. The number of aromatic amines is 1. The average molecular weight is 323 g/mol. The van der Waals surface area contributed by atoms with Crippen molar-refractivity contribution in [2.45, 2.75) is 32.7 Å². The van der Waals surface area contributed by atoms with E-state index in [0.717, 1.165) is 22.3 Å². The van der Waals surface area contributed by atoms with Gasteiger partial charge < -0.3 is 0 Å². The second-order valence-electron chi connectivity index (χ2n) is 6.48. The number of H-pyrrole nitrogens is 1. The van der Waals surface area contributed by atoms with Crippen LogP contribution in [0, 0.1) is 6.92 Å². The molecule has 0 unspecified atom stereocenters. The van der Waals surface area contributed by atoms with Gasteiger partial charge in [0.1, 0.15) is 5.52 Å². The summed E-state index contributed by atoms with van der Waals surface area (Å²) in [6.45, 7) is 6.53. The van der Waals surface area contributed by atoms with E-state index in [-0.39, 0.29) is 5.69 Å². The number of hydrogen-bond acceptors (Lipinski definition) is 4. The molecule has 1 fully saturated rings. The number of rotatable bonds is 3. The van der Waals surface area contributed by atoms with Gasteiger partial charge in [0.25, 0.3) is 0 Å². The minimum absolute atomic E-state index is 0.316. The van der Waals surface area contributed by atoms with Gasteiger partial charge in [-0.25, -0.2) is 9.89 Å². The van der Waals surface area contributed by atoms with Crippen LogP contribution in [-0.4, -0.2) is 37.8 Å². The Bertz CT molecular complexity index is 936. The molecule has 0 radical (unpaired) electrons. The first-order valence-electron chi connectivity index (χ1n) is 8.42.